The fourth-order valence-electron chi connectivity index (χ4n) is 4.65. The lowest BCUT2D eigenvalue weighted by atomic mass is 10.1. The van der Waals surface area contributed by atoms with Crippen molar-refractivity contribution in [2.45, 2.75) is 18.9 Å². The lowest BCUT2D eigenvalue weighted by Gasteiger charge is -2.24. The number of nitrogens with zero attached hydrogens (tertiary/aromatic N) is 3. The van der Waals surface area contributed by atoms with Crippen molar-refractivity contribution < 1.29 is 31.6 Å². The summed E-state index contributed by atoms with van der Waals surface area (Å²) in [6.07, 6.45) is 2.64. The van der Waals surface area contributed by atoms with Crippen LogP contribution in [0, 0.1) is 5.82 Å². The predicted octanol–water partition coefficient (Wildman–Crippen LogP) is 3.70. The van der Waals surface area contributed by atoms with Crippen molar-refractivity contribution in [3.05, 3.63) is 53.8 Å². The highest BCUT2D eigenvalue weighted by molar-refractivity contribution is 7.90. The molecule has 0 saturated carbocycles. The Morgan fingerprint density at radius 1 is 1.21 bits per heavy atom. The number of H-pyrrole nitrogens is 1. The standard InChI is InChI=1S/C26H27FN4O6S/c1-35-10-11-36-23-14-22-19(12-20(23)27)25(29-28-22)24-13-21(30-37-24)16-5-7-17(8-6-16)26(32)31-9-3-4-18(31)15-38(2,33)34/h5-8,12-14,18H,3-4,9-11,15H2,1-2H3,(H,28,29)/t18-/m1/s1. The van der Waals surface area contributed by atoms with E-state index in [4.69, 9.17) is 14.0 Å². The second kappa shape index (κ2) is 10.5. The molecule has 1 fully saturated rings. The van der Waals surface area contributed by atoms with Gasteiger partial charge in [0.15, 0.2) is 17.3 Å². The van der Waals surface area contributed by atoms with Crippen molar-refractivity contribution in [2.75, 3.05) is 38.9 Å². The number of nitrogens with one attached hydrogen (secondary N) is 1. The van der Waals surface area contributed by atoms with E-state index < -0.39 is 15.7 Å². The van der Waals surface area contributed by atoms with E-state index in [1.807, 2.05) is 0 Å². The Balaban J connectivity index is 1.33. The summed E-state index contributed by atoms with van der Waals surface area (Å²) in [6.45, 7) is 1.09. The highest BCUT2D eigenvalue weighted by Gasteiger charge is 2.31. The van der Waals surface area contributed by atoms with Crippen LogP contribution in [0.15, 0.2) is 47.0 Å². The molecule has 12 heteroatoms. The van der Waals surface area contributed by atoms with Crippen LogP contribution in [-0.2, 0) is 14.6 Å². The maximum Gasteiger partial charge on any atom is 0.254 e. The maximum atomic E-state index is 14.6. The number of carbonyl (C=O) groups is 1. The van der Waals surface area contributed by atoms with Gasteiger partial charge < -0.3 is 18.9 Å². The minimum Gasteiger partial charge on any atom is -0.488 e. The summed E-state index contributed by atoms with van der Waals surface area (Å²) in [6, 6.07) is 11.1. The summed E-state index contributed by atoms with van der Waals surface area (Å²) in [5.41, 5.74) is 2.68. The SMILES string of the molecule is COCCOc1cc2[nH]nc(-c3cc(-c4ccc(C(=O)N5CCC[C@@H]5CS(C)(=O)=O)cc4)no3)c2cc1F. The van der Waals surface area contributed by atoms with Crippen LogP contribution in [0.25, 0.3) is 33.6 Å². The Hall–Kier alpha value is -3.77. The largest absolute Gasteiger partial charge is 0.488 e. The van der Waals surface area contributed by atoms with Crippen LogP contribution in [0.4, 0.5) is 4.39 Å². The molecule has 0 radical (unpaired) electrons. The number of ether oxygens (including phenoxy) is 2. The molecule has 5 rings (SSSR count). The first-order valence-electron chi connectivity index (χ1n) is 12.1. The summed E-state index contributed by atoms with van der Waals surface area (Å²) in [5.74, 6) is -0.326. The molecule has 1 atom stereocenters. The highest BCUT2D eigenvalue weighted by Crippen LogP contribution is 2.33. The molecule has 38 heavy (non-hydrogen) atoms. The highest BCUT2D eigenvalue weighted by atomic mass is 32.2. The normalized spacial score (nSPS) is 15.9. The van der Waals surface area contributed by atoms with Crippen LogP contribution in [0.5, 0.6) is 5.75 Å². The number of rotatable bonds is 9. The zero-order chi connectivity index (χ0) is 26.9. The van der Waals surface area contributed by atoms with Crippen LogP contribution in [0.1, 0.15) is 23.2 Å². The number of methoxy groups -OCH3 is 1. The van der Waals surface area contributed by atoms with Gasteiger partial charge in [-0.3, -0.25) is 9.89 Å². The molecule has 0 unspecified atom stereocenters. The molecule has 3 heterocycles. The third-order valence-electron chi connectivity index (χ3n) is 6.46. The number of halogens is 1. The average Bonchev–Trinajstić information content (AvgIpc) is 3.63. The van der Waals surface area contributed by atoms with E-state index in [2.05, 4.69) is 15.4 Å². The Morgan fingerprint density at radius 2 is 2.00 bits per heavy atom. The number of likely N-dealkylation sites (tertiary alicyclic amines) is 1. The van der Waals surface area contributed by atoms with E-state index >= 15 is 0 Å². The van der Waals surface area contributed by atoms with E-state index in [0.29, 0.717) is 58.8 Å². The van der Waals surface area contributed by atoms with Crippen molar-refractivity contribution in [2.24, 2.45) is 0 Å². The minimum atomic E-state index is -3.19. The Labute approximate surface area is 218 Å². The lowest BCUT2D eigenvalue weighted by Crippen LogP contribution is -2.39. The second-order valence-corrected chi connectivity index (χ2v) is 11.5. The van der Waals surface area contributed by atoms with Crippen molar-refractivity contribution in [3.63, 3.8) is 0 Å². The van der Waals surface area contributed by atoms with Gasteiger partial charge in [-0.2, -0.15) is 5.10 Å². The second-order valence-electron chi connectivity index (χ2n) is 9.28. The van der Waals surface area contributed by atoms with E-state index in [1.165, 1.54) is 25.5 Å². The van der Waals surface area contributed by atoms with Gasteiger partial charge in [-0.05, 0) is 31.0 Å². The number of aromatic nitrogens is 3. The van der Waals surface area contributed by atoms with Gasteiger partial charge >= 0.3 is 0 Å². The van der Waals surface area contributed by atoms with E-state index in [-0.39, 0.29) is 30.1 Å². The molecule has 1 aliphatic rings. The third kappa shape index (κ3) is 5.41. The van der Waals surface area contributed by atoms with Crippen LogP contribution < -0.4 is 4.74 Å². The monoisotopic (exact) mass is 542 g/mol. The van der Waals surface area contributed by atoms with E-state index in [1.54, 1.807) is 35.2 Å². The summed E-state index contributed by atoms with van der Waals surface area (Å²) in [5, 5.41) is 11.8. The molecule has 0 bridgehead atoms. The summed E-state index contributed by atoms with van der Waals surface area (Å²) >= 11 is 0. The number of aromatic amines is 1. The molecule has 2 aromatic carbocycles. The number of hydrogen-bond acceptors (Lipinski definition) is 8. The number of hydrogen-bond donors (Lipinski definition) is 1. The number of benzene rings is 2. The van der Waals surface area contributed by atoms with Gasteiger partial charge in [0, 0.05) is 54.6 Å². The first-order chi connectivity index (χ1) is 18.2. The molecular weight excluding hydrogens is 515 g/mol. The lowest BCUT2D eigenvalue weighted by molar-refractivity contribution is 0.0749. The molecule has 1 aliphatic heterocycles. The van der Waals surface area contributed by atoms with Crippen molar-refractivity contribution >= 4 is 26.6 Å². The fraction of sp³-hybridized carbons (Fsp3) is 0.346. The summed E-state index contributed by atoms with van der Waals surface area (Å²) in [7, 11) is -1.65. The molecule has 1 amide bonds. The summed E-state index contributed by atoms with van der Waals surface area (Å²) < 4.78 is 53.9. The smallest absolute Gasteiger partial charge is 0.254 e. The Kier molecular flexibility index (Phi) is 7.17. The van der Waals surface area contributed by atoms with Crippen molar-refractivity contribution in [1.29, 1.82) is 0 Å². The maximum absolute atomic E-state index is 14.6. The number of amides is 1. The topological polar surface area (TPSA) is 128 Å². The third-order valence-corrected chi connectivity index (χ3v) is 7.45. The zero-order valence-electron chi connectivity index (χ0n) is 20.9. The molecule has 1 N–H and O–H groups in total. The molecule has 10 nitrogen and oxygen atoms in total. The molecule has 0 spiro atoms. The van der Waals surface area contributed by atoms with Gasteiger partial charge in [-0.15, -0.1) is 0 Å². The molecule has 200 valence electrons. The summed E-state index contributed by atoms with van der Waals surface area (Å²) in [4.78, 5) is 14.7. The first-order valence-corrected chi connectivity index (χ1v) is 14.1. The molecule has 2 aromatic heterocycles. The van der Waals surface area contributed by atoms with Crippen molar-refractivity contribution in [3.8, 4) is 28.5 Å². The Morgan fingerprint density at radius 3 is 2.74 bits per heavy atom. The van der Waals surface area contributed by atoms with Gasteiger partial charge in [-0.1, -0.05) is 17.3 Å². The zero-order valence-corrected chi connectivity index (χ0v) is 21.8. The molecule has 0 aliphatic carbocycles. The van der Waals surface area contributed by atoms with Crippen LogP contribution >= 0.6 is 0 Å². The fourth-order valence-corrected chi connectivity index (χ4v) is 5.70. The number of carbonyl (C=O) groups excluding carboxylic acids is 1. The van der Waals surface area contributed by atoms with Gasteiger partial charge in [0.05, 0.1) is 17.9 Å². The first kappa shape index (κ1) is 25.9. The quantitative estimate of drug-likeness (QED) is 0.317. The van der Waals surface area contributed by atoms with Gasteiger partial charge in [0.1, 0.15) is 27.8 Å². The van der Waals surface area contributed by atoms with Crippen LogP contribution in [0.3, 0.4) is 0 Å². The van der Waals surface area contributed by atoms with Crippen molar-refractivity contribution in [1.82, 2.24) is 20.3 Å². The van der Waals surface area contributed by atoms with E-state index in [9.17, 15) is 17.6 Å². The molecular formula is C26H27FN4O6S. The molecule has 4 aromatic rings. The average molecular weight is 543 g/mol. The van der Waals surface area contributed by atoms with Gasteiger partial charge in [-0.25, -0.2) is 12.8 Å². The van der Waals surface area contributed by atoms with Gasteiger partial charge in [0.2, 0.25) is 0 Å². The number of sulfone groups is 1. The van der Waals surface area contributed by atoms with Crippen LogP contribution in [-0.4, -0.2) is 79.5 Å². The van der Waals surface area contributed by atoms with E-state index in [0.717, 1.165) is 6.42 Å². The molecule has 1 saturated heterocycles. The number of fused-ring (bicyclic) bond motifs is 1. The predicted molar refractivity (Wildman–Crippen MR) is 138 cm³/mol. The Bertz CT molecular complexity index is 1560. The van der Waals surface area contributed by atoms with Gasteiger partial charge in [0.25, 0.3) is 5.91 Å². The minimum absolute atomic E-state index is 0.0353. The van der Waals surface area contributed by atoms with Crippen LogP contribution in [0.2, 0.25) is 0 Å².